The van der Waals surface area contributed by atoms with Gasteiger partial charge in [0.15, 0.2) is 0 Å². The number of benzene rings is 9. The molecule has 4 amide bonds. The van der Waals surface area contributed by atoms with Crippen LogP contribution in [0.4, 0.5) is 34.1 Å². The zero-order valence-corrected chi connectivity index (χ0v) is 30.3. The molecule has 2 aliphatic heterocycles. The Balaban J connectivity index is 0.971. The fourth-order valence-electron chi connectivity index (χ4n) is 8.29. The van der Waals surface area contributed by atoms with Gasteiger partial charge >= 0.3 is 0 Å². The number of carbonyl (C=O) groups excluding carboxylic acids is 4. The van der Waals surface area contributed by atoms with Crippen LogP contribution in [-0.2, 0) is 0 Å². The first-order chi connectivity index (χ1) is 28.4. The second kappa shape index (κ2) is 12.7. The third kappa shape index (κ3) is 4.92. The van der Waals surface area contributed by atoms with Crippen molar-refractivity contribution in [2.75, 3.05) is 9.80 Å². The summed E-state index contributed by atoms with van der Waals surface area (Å²) in [6, 6.07) is 47.0. The molecule has 2 heterocycles. The fourth-order valence-corrected chi connectivity index (χ4v) is 8.29. The van der Waals surface area contributed by atoms with Crippen LogP contribution in [0.1, 0.15) is 41.4 Å². The van der Waals surface area contributed by atoms with E-state index < -0.39 is 23.6 Å². The zero-order chi connectivity index (χ0) is 39.1. The van der Waals surface area contributed by atoms with Gasteiger partial charge in [-0.2, -0.15) is 20.5 Å². The van der Waals surface area contributed by atoms with Crippen molar-refractivity contribution in [3.05, 3.63) is 180 Å². The van der Waals surface area contributed by atoms with Gasteiger partial charge in [-0.3, -0.25) is 19.2 Å². The molecule has 0 radical (unpaired) electrons. The molecule has 272 valence electrons. The molecule has 0 bridgehead atoms. The van der Waals surface area contributed by atoms with Crippen molar-refractivity contribution >= 4 is 101 Å². The molecule has 0 atom stereocenters. The SMILES string of the molecule is O=C1c2ccc3c4ccc5c6c(ccc(c7ccc(c2c37)C(=O)N1c1ccc(N=Nc2ccccc2)cc1)c64)C(=O)N(c1ccc(N=Nc2ccccc2)cc1)C5=O. The van der Waals surface area contributed by atoms with Crippen LogP contribution in [0.5, 0.6) is 0 Å². The van der Waals surface area contributed by atoms with Crippen molar-refractivity contribution in [2.24, 2.45) is 20.5 Å². The third-order valence-corrected chi connectivity index (χ3v) is 10.9. The lowest BCUT2D eigenvalue weighted by Gasteiger charge is -2.30. The number of fused-ring (bicyclic) bond motifs is 2. The molecule has 0 fully saturated rings. The Morgan fingerprint density at radius 3 is 0.845 bits per heavy atom. The first-order valence-corrected chi connectivity index (χ1v) is 18.6. The molecule has 0 spiro atoms. The Morgan fingerprint density at radius 1 is 0.276 bits per heavy atom. The van der Waals surface area contributed by atoms with Gasteiger partial charge in [0, 0.05) is 33.0 Å². The molecule has 0 saturated carbocycles. The van der Waals surface area contributed by atoms with Crippen LogP contribution in [0.3, 0.4) is 0 Å². The standard InChI is InChI=1S/C48H26N6O4/c55-45-37-23-19-33-35-21-25-39-44-40(48(58)54(47(39)57)32-17-13-30(14-18-32)52-50-28-9-5-2-6-10-28)26-22-36(42(35)44)34-20-24-38(43(37)41(33)34)46(56)53(45)31-15-11-29(12-16-31)51-49-27-7-3-1-4-8-27/h1-26H. The minimum absolute atomic E-state index is 0.408. The van der Waals surface area contributed by atoms with Gasteiger partial charge in [0.25, 0.3) is 23.6 Å². The molecule has 58 heavy (non-hydrogen) atoms. The highest BCUT2D eigenvalue weighted by Gasteiger charge is 2.38. The molecule has 2 aliphatic rings. The van der Waals surface area contributed by atoms with Gasteiger partial charge in [-0.15, -0.1) is 0 Å². The monoisotopic (exact) mass is 750 g/mol. The van der Waals surface area contributed by atoms with E-state index in [9.17, 15) is 19.2 Å². The van der Waals surface area contributed by atoms with Crippen molar-refractivity contribution in [3.63, 3.8) is 0 Å². The van der Waals surface area contributed by atoms with E-state index in [1.165, 1.54) is 9.80 Å². The number of rotatable bonds is 6. The van der Waals surface area contributed by atoms with Crippen molar-refractivity contribution < 1.29 is 19.2 Å². The van der Waals surface area contributed by atoms with Gasteiger partial charge in [0.05, 0.1) is 34.1 Å². The summed E-state index contributed by atoms with van der Waals surface area (Å²) in [6.07, 6.45) is 0. The molecule has 0 N–H and O–H groups in total. The second-order valence-electron chi connectivity index (χ2n) is 14.1. The van der Waals surface area contributed by atoms with E-state index in [1.54, 1.807) is 72.8 Å². The van der Waals surface area contributed by atoms with Gasteiger partial charge in [-0.25, -0.2) is 9.80 Å². The molecule has 11 rings (SSSR count). The molecule has 9 aromatic rings. The quantitative estimate of drug-likeness (QED) is 0.0726. The molecular formula is C48H26N6O4. The number of hydrogen-bond acceptors (Lipinski definition) is 8. The van der Waals surface area contributed by atoms with Gasteiger partial charge in [0.2, 0.25) is 0 Å². The summed E-state index contributed by atoms with van der Waals surface area (Å²) < 4.78 is 0. The topological polar surface area (TPSA) is 124 Å². The molecule has 0 aliphatic carbocycles. The summed E-state index contributed by atoms with van der Waals surface area (Å²) in [5, 5.41) is 23.1. The first-order valence-electron chi connectivity index (χ1n) is 18.6. The summed E-state index contributed by atoms with van der Waals surface area (Å²) in [7, 11) is 0. The summed E-state index contributed by atoms with van der Waals surface area (Å²) in [5.74, 6) is -1.72. The number of amides is 4. The predicted octanol–water partition coefficient (Wildman–Crippen LogP) is 12.2. The number of imide groups is 2. The maximum Gasteiger partial charge on any atom is 0.265 e. The van der Waals surface area contributed by atoms with E-state index in [0.29, 0.717) is 67.2 Å². The lowest BCUT2D eigenvalue weighted by molar-refractivity contribution is 0.0877. The summed E-state index contributed by atoms with van der Waals surface area (Å²) in [5.41, 5.74) is 5.05. The molecule has 9 aromatic carbocycles. The number of nitrogens with zero attached hydrogens (tertiary/aromatic N) is 6. The Bertz CT molecular complexity index is 2950. The highest BCUT2D eigenvalue weighted by Crippen LogP contribution is 2.47. The van der Waals surface area contributed by atoms with Gasteiger partial charge in [-0.05, 0) is 129 Å². The third-order valence-electron chi connectivity index (χ3n) is 10.9. The number of hydrogen-bond donors (Lipinski definition) is 0. The molecular weight excluding hydrogens is 725 g/mol. The lowest BCUT2D eigenvalue weighted by atomic mass is 9.82. The van der Waals surface area contributed by atoms with Gasteiger partial charge in [-0.1, -0.05) is 60.7 Å². The highest BCUT2D eigenvalue weighted by atomic mass is 16.2. The smallest absolute Gasteiger partial charge is 0.265 e. The van der Waals surface area contributed by atoms with Crippen LogP contribution in [-0.4, -0.2) is 23.6 Å². The van der Waals surface area contributed by atoms with Crippen LogP contribution in [0.2, 0.25) is 0 Å². The normalized spacial score (nSPS) is 14.1. The molecule has 10 heteroatoms. The maximum atomic E-state index is 14.2. The minimum atomic E-state index is -0.431. The second-order valence-corrected chi connectivity index (χ2v) is 14.1. The van der Waals surface area contributed by atoms with E-state index in [4.69, 9.17) is 0 Å². The van der Waals surface area contributed by atoms with Crippen molar-refractivity contribution in [3.8, 4) is 0 Å². The molecule has 0 aromatic heterocycles. The average molecular weight is 751 g/mol. The fraction of sp³-hybridized carbons (Fsp3) is 0. The average Bonchev–Trinajstić information content (AvgIpc) is 3.27. The Morgan fingerprint density at radius 2 is 0.552 bits per heavy atom. The molecule has 0 saturated heterocycles. The summed E-state index contributed by atoms with van der Waals surface area (Å²) in [6.45, 7) is 0. The summed E-state index contributed by atoms with van der Waals surface area (Å²) in [4.78, 5) is 59.3. The van der Waals surface area contributed by atoms with Crippen LogP contribution < -0.4 is 9.80 Å². The van der Waals surface area contributed by atoms with E-state index in [0.717, 1.165) is 32.3 Å². The highest BCUT2D eigenvalue weighted by molar-refractivity contribution is 6.45. The zero-order valence-electron chi connectivity index (χ0n) is 30.3. The van der Waals surface area contributed by atoms with Gasteiger partial charge in [0.1, 0.15) is 0 Å². The summed E-state index contributed by atoms with van der Waals surface area (Å²) >= 11 is 0. The lowest BCUT2D eigenvalue weighted by Crippen LogP contribution is -2.40. The Labute approximate surface area is 329 Å². The van der Waals surface area contributed by atoms with Crippen molar-refractivity contribution in [2.45, 2.75) is 0 Å². The minimum Gasteiger partial charge on any atom is -0.268 e. The predicted molar refractivity (Wildman–Crippen MR) is 224 cm³/mol. The van der Waals surface area contributed by atoms with Gasteiger partial charge < -0.3 is 0 Å². The van der Waals surface area contributed by atoms with E-state index in [2.05, 4.69) is 20.5 Å². The number of anilines is 2. The maximum absolute atomic E-state index is 14.2. The van der Waals surface area contributed by atoms with E-state index in [1.807, 2.05) is 84.9 Å². The molecule has 0 unspecified atom stereocenters. The Hall–Kier alpha value is -8.24. The van der Waals surface area contributed by atoms with Crippen LogP contribution >= 0.6 is 0 Å². The van der Waals surface area contributed by atoms with E-state index in [-0.39, 0.29) is 0 Å². The van der Waals surface area contributed by atoms with Crippen LogP contribution in [0.15, 0.2) is 178 Å². The van der Waals surface area contributed by atoms with Crippen LogP contribution in [0, 0.1) is 0 Å². The van der Waals surface area contributed by atoms with E-state index >= 15 is 0 Å². The van der Waals surface area contributed by atoms with Crippen LogP contribution in [0.25, 0.3) is 43.1 Å². The molecule has 10 nitrogen and oxygen atoms in total. The van der Waals surface area contributed by atoms with Crippen molar-refractivity contribution in [1.82, 2.24) is 0 Å². The first kappa shape index (κ1) is 33.1. The van der Waals surface area contributed by atoms with Crippen molar-refractivity contribution in [1.29, 1.82) is 0 Å². The number of azo groups is 2. The number of carbonyl (C=O) groups is 4. The largest absolute Gasteiger partial charge is 0.268 e. The Kier molecular flexibility index (Phi) is 7.23.